The Morgan fingerprint density at radius 3 is 2.03 bits per heavy atom. The van der Waals surface area contributed by atoms with E-state index in [2.05, 4.69) is 0 Å². The second kappa shape index (κ2) is 9.07. The van der Waals surface area contributed by atoms with Crippen LogP contribution >= 0.6 is 23.2 Å². The van der Waals surface area contributed by atoms with Gasteiger partial charge in [-0.25, -0.2) is 4.68 Å². The molecule has 5 nitrogen and oxygen atoms in total. The number of phenols is 2. The number of hydrogen-bond donors (Lipinski definition) is 2. The molecule has 0 spiro atoms. The third-order valence-electron chi connectivity index (χ3n) is 5.32. The third kappa shape index (κ3) is 4.09. The molecule has 0 radical (unpaired) electrons. The van der Waals surface area contributed by atoms with Gasteiger partial charge in [0.2, 0.25) is 0 Å². The van der Waals surface area contributed by atoms with E-state index in [1.54, 1.807) is 71.4 Å². The number of aromatic nitrogens is 2. The van der Waals surface area contributed by atoms with Crippen molar-refractivity contribution in [2.45, 2.75) is 19.4 Å². The van der Waals surface area contributed by atoms with Crippen LogP contribution in [0.3, 0.4) is 0 Å². The lowest BCUT2D eigenvalue weighted by Gasteiger charge is -2.17. The van der Waals surface area contributed by atoms with Gasteiger partial charge in [-0.15, -0.1) is 0 Å². The largest absolute Gasteiger partial charge is 0.508 e. The lowest BCUT2D eigenvalue weighted by molar-refractivity contribution is -0.109. The van der Waals surface area contributed by atoms with E-state index in [1.807, 2.05) is 6.92 Å². The zero-order valence-electron chi connectivity index (χ0n) is 17.2. The first-order valence-electron chi connectivity index (χ1n) is 10.0. The molecule has 0 aliphatic rings. The summed E-state index contributed by atoms with van der Waals surface area (Å²) in [7, 11) is 0. The summed E-state index contributed by atoms with van der Waals surface area (Å²) >= 11 is 12.3. The summed E-state index contributed by atoms with van der Waals surface area (Å²) in [5.41, 5.74) is 4.69. The normalized spacial score (nSPS) is 12.0. The van der Waals surface area contributed by atoms with Gasteiger partial charge in [-0.1, -0.05) is 36.2 Å². The van der Waals surface area contributed by atoms with Crippen molar-refractivity contribution in [2.75, 3.05) is 0 Å². The van der Waals surface area contributed by atoms with Gasteiger partial charge in [-0.3, -0.25) is 0 Å². The van der Waals surface area contributed by atoms with Crippen LogP contribution in [0.2, 0.25) is 10.0 Å². The van der Waals surface area contributed by atoms with Crippen LogP contribution in [0.15, 0.2) is 66.7 Å². The van der Waals surface area contributed by atoms with E-state index >= 15 is 0 Å². The third-order valence-corrected chi connectivity index (χ3v) is 6.06. The highest BCUT2D eigenvalue weighted by Crippen LogP contribution is 2.37. The summed E-state index contributed by atoms with van der Waals surface area (Å²) in [6.07, 6.45) is 1.47. The van der Waals surface area contributed by atoms with Crippen LogP contribution in [0, 0.1) is 0 Å². The predicted octanol–water partition coefficient (Wildman–Crippen LogP) is 6.29. The minimum absolute atomic E-state index is 0.146. The van der Waals surface area contributed by atoms with Gasteiger partial charge in [0.25, 0.3) is 0 Å². The Kier molecular flexibility index (Phi) is 6.21. The molecule has 0 amide bonds. The summed E-state index contributed by atoms with van der Waals surface area (Å²) in [5, 5.41) is 25.1. The number of halogens is 2. The molecule has 1 heterocycles. The van der Waals surface area contributed by atoms with Crippen molar-refractivity contribution in [3.8, 4) is 34.0 Å². The van der Waals surface area contributed by atoms with Crippen molar-refractivity contribution in [3.05, 3.63) is 87.9 Å². The van der Waals surface area contributed by atoms with Crippen LogP contribution in [0.5, 0.6) is 11.5 Å². The smallest absolute Gasteiger partial charge is 0.149 e. The molecule has 1 atom stereocenters. The minimum atomic E-state index is -0.746. The monoisotopic (exact) mass is 466 g/mol. The van der Waals surface area contributed by atoms with Crippen molar-refractivity contribution in [3.63, 3.8) is 0 Å². The van der Waals surface area contributed by atoms with Gasteiger partial charge in [-0.05, 0) is 72.6 Å². The SMILES string of the molecule is CCc1c(-c2ccc(O)cc2)nn(C(C=O)c2ccc(Cl)c(Cl)c2)c1-c1ccc(O)cc1. The first-order valence-corrected chi connectivity index (χ1v) is 10.8. The average molecular weight is 467 g/mol. The number of benzene rings is 3. The molecule has 0 aliphatic heterocycles. The van der Waals surface area contributed by atoms with Gasteiger partial charge in [-0.2, -0.15) is 5.10 Å². The first kappa shape index (κ1) is 21.9. The molecule has 32 heavy (non-hydrogen) atoms. The van der Waals surface area contributed by atoms with Crippen LogP contribution < -0.4 is 0 Å². The molecule has 0 aliphatic carbocycles. The van der Waals surface area contributed by atoms with Crippen molar-refractivity contribution in [2.24, 2.45) is 0 Å². The van der Waals surface area contributed by atoms with Crippen molar-refractivity contribution < 1.29 is 15.0 Å². The fourth-order valence-electron chi connectivity index (χ4n) is 3.76. The summed E-state index contributed by atoms with van der Waals surface area (Å²) in [5.74, 6) is 0.305. The average Bonchev–Trinajstić information content (AvgIpc) is 3.17. The highest BCUT2D eigenvalue weighted by Gasteiger charge is 2.25. The van der Waals surface area contributed by atoms with E-state index in [4.69, 9.17) is 28.3 Å². The molecule has 0 saturated heterocycles. The van der Waals surface area contributed by atoms with Crippen molar-refractivity contribution >= 4 is 29.5 Å². The van der Waals surface area contributed by atoms with Gasteiger partial charge < -0.3 is 15.0 Å². The second-order valence-electron chi connectivity index (χ2n) is 7.32. The molecule has 0 bridgehead atoms. The molecular formula is C25H20Cl2N2O3. The van der Waals surface area contributed by atoms with Crippen molar-refractivity contribution in [1.29, 1.82) is 0 Å². The number of aromatic hydroxyl groups is 2. The van der Waals surface area contributed by atoms with Crippen LogP contribution in [0.1, 0.15) is 24.1 Å². The van der Waals surface area contributed by atoms with E-state index in [9.17, 15) is 15.0 Å². The van der Waals surface area contributed by atoms with Crippen LogP contribution in [0.4, 0.5) is 0 Å². The quantitative estimate of drug-likeness (QED) is 0.327. The molecule has 2 N–H and O–H groups in total. The Morgan fingerprint density at radius 2 is 1.50 bits per heavy atom. The van der Waals surface area contributed by atoms with Gasteiger partial charge in [0.05, 0.1) is 21.4 Å². The predicted molar refractivity (Wildman–Crippen MR) is 126 cm³/mol. The maximum atomic E-state index is 12.3. The maximum Gasteiger partial charge on any atom is 0.149 e. The van der Waals surface area contributed by atoms with Gasteiger partial charge in [0, 0.05) is 16.7 Å². The van der Waals surface area contributed by atoms with Crippen LogP contribution in [-0.2, 0) is 11.2 Å². The molecule has 4 aromatic rings. The minimum Gasteiger partial charge on any atom is -0.508 e. The number of carbonyl (C=O) groups is 1. The zero-order valence-corrected chi connectivity index (χ0v) is 18.7. The Morgan fingerprint density at radius 1 is 0.906 bits per heavy atom. The number of carbonyl (C=O) groups excluding carboxylic acids is 1. The van der Waals surface area contributed by atoms with E-state index in [0.717, 1.165) is 28.7 Å². The zero-order chi connectivity index (χ0) is 22.8. The van der Waals surface area contributed by atoms with E-state index in [0.29, 0.717) is 27.7 Å². The maximum absolute atomic E-state index is 12.3. The van der Waals surface area contributed by atoms with Gasteiger partial charge in [0.1, 0.15) is 23.8 Å². The molecule has 4 rings (SSSR count). The van der Waals surface area contributed by atoms with E-state index in [1.165, 1.54) is 0 Å². The molecule has 1 unspecified atom stereocenters. The summed E-state index contributed by atoms with van der Waals surface area (Å²) in [4.78, 5) is 12.3. The number of hydrogen-bond acceptors (Lipinski definition) is 4. The summed E-state index contributed by atoms with van der Waals surface area (Å²) in [6, 6.07) is 17.9. The van der Waals surface area contributed by atoms with Crippen LogP contribution in [0.25, 0.3) is 22.5 Å². The lowest BCUT2D eigenvalue weighted by atomic mass is 9.99. The highest BCUT2D eigenvalue weighted by atomic mass is 35.5. The molecule has 1 aromatic heterocycles. The molecule has 3 aromatic carbocycles. The van der Waals surface area contributed by atoms with Gasteiger partial charge in [0.15, 0.2) is 0 Å². The standard InChI is InChI=1S/C25H20Cl2N2O3/c1-2-20-24(15-3-8-18(31)9-4-15)28-29(25(20)16-5-10-19(32)11-6-16)23(14-30)17-7-12-21(26)22(27)13-17/h3-14,23,31-32H,2H2,1H3. The fraction of sp³-hybridized carbons (Fsp3) is 0.120. The van der Waals surface area contributed by atoms with E-state index in [-0.39, 0.29) is 11.5 Å². The molecular weight excluding hydrogens is 447 g/mol. The Balaban J connectivity index is 1.98. The summed E-state index contributed by atoms with van der Waals surface area (Å²) in [6.45, 7) is 2.02. The first-order chi connectivity index (χ1) is 15.4. The Labute approximate surface area is 195 Å². The number of aldehydes is 1. The molecule has 162 valence electrons. The Hall–Kier alpha value is -3.28. The Bertz CT molecular complexity index is 1270. The number of nitrogens with zero attached hydrogens (tertiary/aromatic N) is 2. The molecule has 7 heteroatoms. The summed E-state index contributed by atoms with van der Waals surface area (Å²) < 4.78 is 1.68. The van der Waals surface area contributed by atoms with Gasteiger partial charge >= 0.3 is 0 Å². The van der Waals surface area contributed by atoms with Crippen molar-refractivity contribution in [1.82, 2.24) is 9.78 Å². The topological polar surface area (TPSA) is 75.4 Å². The van der Waals surface area contributed by atoms with E-state index < -0.39 is 6.04 Å². The molecule has 0 fully saturated rings. The fourth-order valence-corrected chi connectivity index (χ4v) is 4.06. The number of phenolic OH excluding ortho intramolecular Hbond substituents is 2. The number of rotatable bonds is 6. The molecule has 0 saturated carbocycles. The highest BCUT2D eigenvalue weighted by molar-refractivity contribution is 6.42. The lowest BCUT2D eigenvalue weighted by Crippen LogP contribution is -2.15. The second-order valence-corrected chi connectivity index (χ2v) is 8.14. The van der Waals surface area contributed by atoms with Crippen LogP contribution in [-0.4, -0.2) is 26.3 Å².